The summed E-state index contributed by atoms with van der Waals surface area (Å²) in [4.78, 5) is 12.7. The number of rotatable bonds is 6. The largest absolute Gasteiger partial charge is 0.352 e. The third kappa shape index (κ3) is 4.85. The van der Waals surface area contributed by atoms with E-state index in [0.717, 1.165) is 29.5 Å². The molecule has 2 aromatic rings. The lowest BCUT2D eigenvalue weighted by molar-refractivity contribution is -0.121. The number of benzene rings is 1. The summed E-state index contributed by atoms with van der Waals surface area (Å²) in [5.41, 5.74) is 0.966. The molecular formula is C20H27ClN4OS. The molecule has 0 spiro atoms. The highest BCUT2D eigenvalue weighted by molar-refractivity contribution is 8.00. The van der Waals surface area contributed by atoms with Crippen molar-refractivity contribution in [3.05, 3.63) is 29.3 Å². The molecule has 1 amide bonds. The average molecular weight is 407 g/mol. The van der Waals surface area contributed by atoms with Crippen LogP contribution in [0.4, 0.5) is 0 Å². The van der Waals surface area contributed by atoms with Gasteiger partial charge in [-0.05, 0) is 56.9 Å². The van der Waals surface area contributed by atoms with Gasteiger partial charge in [0.25, 0.3) is 0 Å². The van der Waals surface area contributed by atoms with Crippen LogP contribution in [0, 0.1) is 5.92 Å². The maximum Gasteiger partial charge on any atom is 0.233 e. The first-order valence-electron chi connectivity index (χ1n) is 9.65. The van der Waals surface area contributed by atoms with Crippen molar-refractivity contribution in [1.82, 2.24) is 20.1 Å². The summed E-state index contributed by atoms with van der Waals surface area (Å²) in [6, 6.07) is 7.86. The van der Waals surface area contributed by atoms with Crippen molar-refractivity contribution < 1.29 is 4.79 Å². The number of aromatic nitrogens is 3. The van der Waals surface area contributed by atoms with Gasteiger partial charge in [-0.15, -0.1) is 10.2 Å². The quantitative estimate of drug-likeness (QED) is 0.700. The third-order valence-electron chi connectivity index (χ3n) is 5.23. The maximum absolute atomic E-state index is 12.7. The second-order valence-corrected chi connectivity index (χ2v) is 8.94. The average Bonchev–Trinajstić information content (AvgIpc) is 3.06. The predicted octanol–water partition coefficient (Wildman–Crippen LogP) is 4.79. The molecule has 1 aromatic heterocycles. The van der Waals surface area contributed by atoms with Crippen LogP contribution in [-0.2, 0) is 11.3 Å². The molecule has 0 bridgehead atoms. The summed E-state index contributed by atoms with van der Waals surface area (Å²) in [5, 5.41) is 13.2. The number of nitrogens with zero attached hydrogens (tertiary/aromatic N) is 3. The number of amides is 1. The predicted molar refractivity (Wildman–Crippen MR) is 111 cm³/mol. The molecule has 1 fully saturated rings. The lowest BCUT2D eigenvalue weighted by atomic mass is 9.86. The number of hydrogen-bond acceptors (Lipinski definition) is 4. The molecule has 3 rings (SSSR count). The Balaban J connectivity index is 1.69. The van der Waals surface area contributed by atoms with Gasteiger partial charge < -0.3 is 9.88 Å². The number of nitrogens with one attached hydrogen (secondary N) is 1. The van der Waals surface area contributed by atoms with Gasteiger partial charge in [-0.2, -0.15) is 0 Å². The lowest BCUT2D eigenvalue weighted by Gasteiger charge is -2.30. The molecule has 1 aliphatic rings. The Morgan fingerprint density at radius 3 is 2.67 bits per heavy atom. The summed E-state index contributed by atoms with van der Waals surface area (Å²) in [6.07, 6.45) is 4.74. The summed E-state index contributed by atoms with van der Waals surface area (Å²) in [6.45, 7) is 6.96. The first-order chi connectivity index (χ1) is 13.0. The van der Waals surface area contributed by atoms with E-state index in [-0.39, 0.29) is 11.2 Å². The molecule has 1 saturated carbocycles. The van der Waals surface area contributed by atoms with E-state index >= 15 is 0 Å². The summed E-state index contributed by atoms with van der Waals surface area (Å²) in [5.74, 6) is 1.43. The highest BCUT2D eigenvalue weighted by Crippen LogP contribution is 2.28. The SMILES string of the molecule is CCn1c(S[C@H](C)C(=O)N[C@@H]2CCCC[C@@H]2C)nnc1-c1ccc(Cl)cc1. The fourth-order valence-electron chi connectivity index (χ4n) is 3.52. The minimum Gasteiger partial charge on any atom is -0.352 e. The molecule has 0 aliphatic heterocycles. The molecule has 27 heavy (non-hydrogen) atoms. The number of carbonyl (C=O) groups excluding carboxylic acids is 1. The second kappa shape index (κ2) is 9.11. The molecule has 0 radical (unpaired) electrons. The van der Waals surface area contributed by atoms with E-state index in [1.54, 1.807) is 0 Å². The van der Waals surface area contributed by atoms with Gasteiger partial charge >= 0.3 is 0 Å². The topological polar surface area (TPSA) is 59.8 Å². The van der Waals surface area contributed by atoms with Gasteiger partial charge in [-0.25, -0.2) is 0 Å². The van der Waals surface area contributed by atoms with Crippen molar-refractivity contribution in [3.63, 3.8) is 0 Å². The Hall–Kier alpha value is -1.53. The Morgan fingerprint density at radius 1 is 1.30 bits per heavy atom. The smallest absolute Gasteiger partial charge is 0.233 e. The number of thioether (sulfide) groups is 1. The van der Waals surface area contributed by atoms with Crippen LogP contribution in [0.2, 0.25) is 5.02 Å². The fraction of sp³-hybridized carbons (Fsp3) is 0.550. The van der Waals surface area contributed by atoms with Crippen molar-refractivity contribution in [3.8, 4) is 11.4 Å². The molecule has 1 heterocycles. The van der Waals surface area contributed by atoms with Crippen molar-refractivity contribution in [2.45, 2.75) is 69.4 Å². The molecule has 0 saturated heterocycles. The normalized spacial score (nSPS) is 21.0. The molecular weight excluding hydrogens is 380 g/mol. The van der Waals surface area contributed by atoms with E-state index in [4.69, 9.17) is 11.6 Å². The van der Waals surface area contributed by atoms with Crippen LogP contribution in [0.15, 0.2) is 29.4 Å². The molecule has 1 aliphatic carbocycles. The highest BCUT2D eigenvalue weighted by Gasteiger charge is 2.26. The van der Waals surface area contributed by atoms with E-state index in [2.05, 4.69) is 29.4 Å². The highest BCUT2D eigenvalue weighted by atomic mass is 35.5. The number of hydrogen-bond donors (Lipinski definition) is 1. The van der Waals surface area contributed by atoms with E-state index in [1.807, 2.05) is 35.8 Å². The van der Waals surface area contributed by atoms with Crippen molar-refractivity contribution >= 4 is 29.3 Å². The van der Waals surface area contributed by atoms with Crippen molar-refractivity contribution in [2.75, 3.05) is 0 Å². The molecule has 7 heteroatoms. The zero-order valence-corrected chi connectivity index (χ0v) is 17.7. The third-order valence-corrected chi connectivity index (χ3v) is 6.56. The van der Waals surface area contributed by atoms with Crippen LogP contribution in [0.1, 0.15) is 46.5 Å². The van der Waals surface area contributed by atoms with E-state index in [0.29, 0.717) is 17.0 Å². The standard InChI is InChI=1S/C20H27ClN4OS/c1-4-25-18(15-9-11-16(21)12-10-15)23-24-20(25)27-14(3)19(26)22-17-8-6-5-7-13(17)2/h9-14,17H,4-8H2,1-3H3,(H,22,26)/t13-,14+,17+/m0/s1. The number of carbonyl (C=O) groups is 1. The molecule has 1 aromatic carbocycles. The summed E-state index contributed by atoms with van der Waals surface area (Å²) >= 11 is 7.44. The molecule has 0 unspecified atom stereocenters. The molecule has 146 valence electrons. The lowest BCUT2D eigenvalue weighted by Crippen LogP contribution is -2.44. The Kier molecular flexibility index (Phi) is 6.82. The van der Waals surface area contributed by atoms with Crippen LogP contribution in [0.5, 0.6) is 0 Å². The second-order valence-electron chi connectivity index (χ2n) is 7.19. The Bertz CT molecular complexity index is 777. The van der Waals surface area contributed by atoms with Gasteiger partial charge in [0, 0.05) is 23.2 Å². The Morgan fingerprint density at radius 2 is 2.00 bits per heavy atom. The van der Waals surface area contributed by atoms with Crippen LogP contribution in [0.3, 0.4) is 0 Å². The van der Waals surface area contributed by atoms with E-state index < -0.39 is 0 Å². The van der Waals surface area contributed by atoms with E-state index in [9.17, 15) is 4.79 Å². The first-order valence-corrected chi connectivity index (χ1v) is 10.9. The van der Waals surface area contributed by atoms with Crippen molar-refractivity contribution in [2.24, 2.45) is 5.92 Å². The fourth-order valence-corrected chi connectivity index (χ4v) is 4.56. The molecule has 5 nitrogen and oxygen atoms in total. The first kappa shape index (κ1) is 20.2. The zero-order chi connectivity index (χ0) is 19.4. The molecule has 1 N–H and O–H groups in total. The van der Waals surface area contributed by atoms with Gasteiger partial charge in [-0.3, -0.25) is 4.79 Å². The van der Waals surface area contributed by atoms with Crippen LogP contribution < -0.4 is 5.32 Å². The number of halogens is 1. The van der Waals surface area contributed by atoms with Crippen molar-refractivity contribution in [1.29, 1.82) is 0 Å². The minimum atomic E-state index is -0.216. The minimum absolute atomic E-state index is 0.0810. The van der Waals surface area contributed by atoms with Gasteiger partial charge in [0.05, 0.1) is 5.25 Å². The van der Waals surface area contributed by atoms with Crippen LogP contribution >= 0.6 is 23.4 Å². The van der Waals surface area contributed by atoms with Gasteiger partial charge in [0.2, 0.25) is 5.91 Å². The van der Waals surface area contributed by atoms with Crippen LogP contribution in [0.25, 0.3) is 11.4 Å². The van der Waals surface area contributed by atoms with Gasteiger partial charge in [0.15, 0.2) is 11.0 Å². The summed E-state index contributed by atoms with van der Waals surface area (Å²) in [7, 11) is 0. The van der Waals surface area contributed by atoms with E-state index in [1.165, 1.54) is 31.0 Å². The summed E-state index contributed by atoms with van der Waals surface area (Å²) < 4.78 is 2.04. The zero-order valence-electron chi connectivity index (χ0n) is 16.1. The molecule has 3 atom stereocenters. The van der Waals surface area contributed by atoms with Gasteiger partial charge in [-0.1, -0.05) is 43.1 Å². The Labute approximate surface area is 170 Å². The van der Waals surface area contributed by atoms with Crippen LogP contribution in [-0.4, -0.2) is 32.0 Å². The monoisotopic (exact) mass is 406 g/mol. The van der Waals surface area contributed by atoms with Gasteiger partial charge in [0.1, 0.15) is 0 Å². The maximum atomic E-state index is 12.7.